The van der Waals surface area contributed by atoms with Crippen molar-refractivity contribution in [1.29, 1.82) is 0 Å². The second kappa shape index (κ2) is 13.2. The maximum Gasteiger partial charge on any atom is 0.573 e. The zero-order chi connectivity index (χ0) is 33.9. The van der Waals surface area contributed by atoms with E-state index in [0.29, 0.717) is 12.1 Å². The lowest BCUT2D eigenvalue weighted by Gasteiger charge is -2.25. The van der Waals surface area contributed by atoms with Crippen molar-refractivity contribution in [3.63, 3.8) is 0 Å². The van der Waals surface area contributed by atoms with Gasteiger partial charge in [0.25, 0.3) is 0 Å². The maximum atomic E-state index is 14.2. The van der Waals surface area contributed by atoms with Gasteiger partial charge in [-0.2, -0.15) is 35.1 Å². The third-order valence-corrected chi connectivity index (χ3v) is 6.56. The van der Waals surface area contributed by atoms with Gasteiger partial charge in [-0.25, -0.2) is 0 Å². The lowest BCUT2D eigenvalue weighted by molar-refractivity contribution is -0.289. The second-order valence-corrected chi connectivity index (χ2v) is 9.87. The van der Waals surface area contributed by atoms with E-state index in [1.165, 1.54) is 42.5 Å². The molecule has 4 rings (SSSR count). The van der Waals surface area contributed by atoms with Crippen LogP contribution in [0.15, 0.2) is 97.1 Å². The van der Waals surface area contributed by atoms with Gasteiger partial charge in [-0.05, 0) is 71.3 Å². The molecular weight excluding hydrogens is 643 g/mol. The van der Waals surface area contributed by atoms with E-state index in [2.05, 4.69) is 10.1 Å². The summed E-state index contributed by atoms with van der Waals surface area (Å²) in [6, 6.07) is 15.9. The molecule has 0 saturated heterocycles. The summed E-state index contributed by atoms with van der Waals surface area (Å²) in [6.45, 7) is -0.387. The number of hydrogen-bond donors (Lipinski definition) is 2. The molecule has 246 valence electrons. The van der Waals surface area contributed by atoms with Gasteiger partial charge in [-0.3, -0.25) is 0 Å². The Bertz CT molecular complexity index is 1600. The van der Waals surface area contributed by atoms with Gasteiger partial charge in [0.05, 0.1) is 17.7 Å². The lowest BCUT2D eigenvalue weighted by atomic mass is 9.94. The van der Waals surface area contributed by atoms with Crippen molar-refractivity contribution in [3.05, 3.63) is 125 Å². The molecule has 2 atom stereocenters. The summed E-state index contributed by atoms with van der Waals surface area (Å²) in [6.07, 6.45) is -16.9. The SMILES string of the molecule is OC(CNC(c1cccc(Oc2ccc(OC(F)(F)F)cc2)c1)c1cccc(C(F)(F)C(F)(F)F)c1)c1ccc(C(F)(F)F)cc1. The Balaban J connectivity index is 1.64. The van der Waals surface area contributed by atoms with Crippen molar-refractivity contribution < 1.29 is 62.9 Å². The standard InChI is InChI=1S/C31H22F11NO3/c32-28(33,30(37,38)39)22-5-1-3-19(15-22)27(43-17-26(44)18-7-9-21(10-8-18)29(34,35)36)20-4-2-6-25(16-20)45-23-11-13-24(14-12-23)46-31(40,41)42/h1-16,26-27,43-44H,17H2. The van der Waals surface area contributed by atoms with Crippen LogP contribution in [0, 0.1) is 0 Å². The van der Waals surface area contributed by atoms with Crippen LogP contribution in [0.25, 0.3) is 0 Å². The third-order valence-electron chi connectivity index (χ3n) is 6.56. The van der Waals surface area contributed by atoms with Gasteiger partial charge in [0.1, 0.15) is 17.2 Å². The Kier molecular flexibility index (Phi) is 9.87. The van der Waals surface area contributed by atoms with Gasteiger partial charge in [-0.1, -0.05) is 42.5 Å². The molecule has 2 N–H and O–H groups in total. The molecule has 46 heavy (non-hydrogen) atoms. The average molecular weight is 665 g/mol. The average Bonchev–Trinajstić information content (AvgIpc) is 2.97. The van der Waals surface area contributed by atoms with E-state index >= 15 is 0 Å². The normalized spacial score (nSPS) is 14.1. The summed E-state index contributed by atoms with van der Waals surface area (Å²) in [5, 5.41) is 13.5. The van der Waals surface area contributed by atoms with Crippen molar-refractivity contribution in [1.82, 2.24) is 5.32 Å². The monoisotopic (exact) mass is 665 g/mol. The summed E-state index contributed by atoms with van der Waals surface area (Å²) < 4.78 is 153. The summed E-state index contributed by atoms with van der Waals surface area (Å²) in [5.41, 5.74) is -2.11. The van der Waals surface area contributed by atoms with Crippen molar-refractivity contribution in [2.75, 3.05) is 6.54 Å². The Morgan fingerprint density at radius 3 is 1.72 bits per heavy atom. The molecule has 2 unspecified atom stereocenters. The van der Waals surface area contributed by atoms with Gasteiger partial charge < -0.3 is 19.9 Å². The molecule has 0 spiro atoms. The van der Waals surface area contributed by atoms with Crippen LogP contribution in [0.1, 0.15) is 40.0 Å². The smallest absolute Gasteiger partial charge is 0.457 e. The zero-order valence-corrected chi connectivity index (χ0v) is 23.0. The molecular formula is C31H22F11NO3. The minimum Gasteiger partial charge on any atom is -0.457 e. The Morgan fingerprint density at radius 2 is 1.15 bits per heavy atom. The first-order valence-corrected chi connectivity index (χ1v) is 13.1. The predicted molar refractivity (Wildman–Crippen MR) is 142 cm³/mol. The van der Waals surface area contributed by atoms with Crippen LogP contribution in [-0.2, 0) is 12.1 Å². The first kappa shape index (κ1) is 34.5. The Hall–Kier alpha value is -4.37. The highest BCUT2D eigenvalue weighted by atomic mass is 19.4. The number of alkyl halides is 11. The van der Waals surface area contributed by atoms with Crippen molar-refractivity contribution in [2.45, 2.75) is 36.8 Å². The molecule has 0 amide bonds. The molecule has 15 heteroatoms. The number of nitrogens with one attached hydrogen (secondary N) is 1. The Morgan fingerprint density at radius 1 is 0.587 bits per heavy atom. The van der Waals surface area contributed by atoms with Crippen LogP contribution in [0.2, 0.25) is 0 Å². The highest BCUT2D eigenvalue weighted by Gasteiger charge is 2.58. The van der Waals surface area contributed by atoms with Gasteiger partial charge in [0.15, 0.2) is 0 Å². The lowest BCUT2D eigenvalue weighted by Crippen LogP contribution is -2.34. The number of aliphatic hydroxyl groups excluding tert-OH is 1. The molecule has 0 heterocycles. The van der Waals surface area contributed by atoms with Gasteiger partial charge in [0.2, 0.25) is 0 Å². The van der Waals surface area contributed by atoms with E-state index in [0.717, 1.165) is 42.5 Å². The fourth-order valence-electron chi connectivity index (χ4n) is 4.35. The van der Waals surface area contributed by atoms with Crippen LogP contribution in [0.3, 0.4) is 0 Å². The second-order valence-electron chi connectivity index (χ2n) is 9.87. The molecule has 0 radical (unpaired) electrons. The predicted octanol–water partition coefficient (Wildman–Crippen LogP) is 9.46. The summed E-state index contributed by atoms with van der Waals surface area (Å²) in [7, 11) is 0. The molecule has 0 fully saturated rings. The van der Waals surface area contributed by atoms with E-state index in [4.69, 9.17) is 4.74 Å². The highest BCUT2D eigenvalue weighted by Crippen LogP contribution is 2.44. The van der Waals surface area contributed by atoms with Crippen molar-refractivity contribution in [3.8, 4) is 17.2 Å². The van der Waals surface area contributed by atoms with Crippen molar-refractivity contribution >= 4 is 0 Å². The largest absolute Gasteiger partial charge is 0.573 e. The van der Waals surface area contributed by atoms with Crippen LogP contribution < -0.4 is 14.8 Å². The fourth-order valence-corrected chi connectivity index (χ4v) is 4.35. The van der Waals surface area contributed by atoms with Crippen LogP contribution in [0.4, 0.5) is 48.3 Å². The molecule has 4 nitrogen and oxygen atoms in total. The molecule has 0 saturated carbocycles. The summed E-state index contributed by atoms with van der Waals surface area (Å²) in [5.74, 6) is -5.56. The van der Waals surface area contributed by atoms with E-state index < -0.39 is 53.7 Å². The topological polar surface area (TPSA) is 50.7 Å². The molecule has 4 aromatic carbocycles. The summed E-state index contributed by atoms with van der Waals surface area (Å²) >= 11 is 0. The number of rotatable bonds is 10. The molecule has 0 aliphatic carbocycles. The fraction of sp³-hybridized carbons (Fsp3) is 0.226. The molecule has 4 aromatic rings. The Labute approximate surface area is 254 Å². The maximum absolute atomic E-state index is 14.2. The molecule has 0 aliphatic rings. The molecule has 0 aromatic heterocycles. The first-order valence-electron chi connectivity index (χ1n) is 13.1. The minimum atomic E-state index is -5.90. The molecule has 0 aliphatic heterocycles. The van der Waals surface area contributed by atoms with Gasteiger partial charge in [-0.15, -0.1) is 13.2 Å². The number of benzene rings is 4. The number of ether oxygens (including phenoxy) is 2. The highest BCUT2D eigenvalue weighted by molar-refractivity contribution is 5.41. The van der Waals surface area contributed by atoms with Crippen LogP contribution >= 0.6 is 0 Å². The quantitative estimate of drug-likeness (QED) is 0.166. The number of halogens is 11. The summed E-state index contributed by atoms with van der Waals surface area (Å²) in [4.78, 5) is 0. The number of aliphatic hydroxyl groups is 1. The van der Waals surface area contributed by atoms with Crippen molar-refractivity contribution in [2.24, 2.45) is 0 Å². The minimum absolute atomic E-state index is 0.0617. The van der Waals surface area contributed by atoms with E-state index in [1.54, 1.807) is 0 Å². The van der Waals surface area contributed by atoms with Crippen LogP contribution in [0.5, 0.6) is 17.2 Å². The molecule has 0 bridgehead atoms. The van der Waals surface area contributed by atoms with E-state index in [-0.39, 0.29) is 34.7 Å². The van der Waals surface area contributed by atoms with Gasteiger partial charge >= 0.3 is 24.6 Å². The first-order chi connectivity index (χ1) is 21.3. The third kappa shape index (κ3) is 8.66. The van der Waals surface area contributed by atoms with Gasteiger partial charge in [0, 0.05) is 12.1 Å². The number of hydrogen-bond acceptors (Lipinski definition) is 4. The van der Waals surface area contributed by atoms with E-state index in [1.807, 2.05) is 0 Å². The van der Waals surface area contributed by atoms with Crippen LogP contribution in [-0.4, -0.2) is 24.2 Å². The van der Waals surface area contributed by atoms with E-state index in [9.17, 15) is 53.4 Å². The zero-order valence-electron chi connectivity index (χ0n) is 23.0.